The van der Waals surface area contributed by atoms with Crippen molar-refractivity contribution in [2.45, 2.75) is 18.7 Å². The molecule has 1 fully saturated rings. The zero-order valence-corrected chi connectivity index (χ0v) is 17.3. The summed E-state index contributed by atoms with van der Waals surface area (Å²) in [5, 5.41) is 8.80. The van der Waals surface area contributed by atoms with Gasteiger partial charge in [0.15, 0.2) is 6.61 Å². The summed E-state index contributed by atoms with van der Waals surface area (Å²) in [6.45, 7) is 4.72. The van der Waals surface area contributed by atoms with Gasteiger partial charge >= 0.3 is 0 Å². The predicted molar refractivity (Wildman–Crippen MR) is 108 cm³/mol. The van der Waals surface area contributed by atoms with Crippen molar-refractivity contribution in [2.75, 3.05) is 32.8 Å². The second-order valence-corrected chi connectivity index (χ2v) is 8.89. The van der Waals surface area contributed by atoms with Gasteiger partial charge in [0, 0.05) is 26.2 Å². The molecule has 0 unspecified atom stereocenters. The molecule has 1 aliphatic heterocycles. The first kappa shape index (κ1) is 20.8. The van der Waals surface area contributed by atoms with Gasteiger partial charge in [-0.15, -0.1) is 0 Å². The van der Waals surface area contributed by atoms with Gasteiger partial charge in [0.2, 0.25) is 10.0 Å². The SMILES string of the molecule is Cc1ccc(S(=O)(=O)N2CCN(C(=O)COc3ccc(C#N)cc3)CC2)c(C)c1. The standard InChI is InChI=1S/C21H23N3O4S/c1-16-3-8-20(17(2)13-16)29(26,27)24-11-9-23(10-12-24)21(25)15-28-19-6-4-18(14-22)5-7-19/h3-8,13H,9-12,15H2,1-2H3. The van der Waals surface area contributed by atoms with Crippen LogP contribution in [0.1, 0.15) is 16.7 Å². The number of hydrogen-bond donors (Lipinski definition) is 0. The van der Waals surface area contributed by atoms with Gasteiger partial charge in [0.05, 0.1) is 16.5 Å². The molecule has 0 atom stereocenters. The van der Waals surface area contributed by atoms with Crippen molar-refractivity contribution in [3.63, 3.8) is 0 Å². The maximum atomic E-state index is 12.9. The number of piperazine rings is 1. The Kier molecular flexibility index (Phi) is 6.20. The first-order chi connectivity index (χ1) is 13.8. The lowest BCUT2D eigenvalue weighted by molar-refractivity contribution is -0.134. The Bertz CT molecular complexity index is 1030. The summed E-state index contributed by atoms with van der Waals surface area (Å²) in [6.07, 6.45) is 0. The molecule has 2 aromatic rings. The second-order valence-electron chi connectivity index (χ2n) is 6.98. The van der Waals surface area contributed by atoms with Crippen LogP contribution in [0.5, 0.6) is 5.75 Å². The maximum absolute atomic E-state index is 12.9. The van der Waals surface area contributed by atoms with E-state index in [1.165, 1.54) is 4.31 Å². The van der Waals surface area contributed by atoms with Crippen molar-refractivity contribution >= 4 is 15.9 Å². The van der Waals surface area contributed by atoms with E-state index in [4.69, 9.17) is 10.00 Å². The van der Waals surface area contributed by atoms with Crippen LogP contribution < -0.4 is 4.74 Å². The molecular formula is C21H23N3O4S. The normalized spacial score (nSPS) is 15.0. The van der Waals surface area contributed by atoms with E-state index in [-0.39, 0.29) is 25.6 Å². The molecule has 2 aromatic carbocycles. The Morgan fingerprint density at radius 1 is 1.07 bits per heavy atom. The first-order valence-corrected chi connectivity index (χ1v) is 10.7. The quantitative estimate of drug-likeness (QED) is 0.749. The summed E-state index contributed by atoms with van der Waals surface area (Å²) in [6, 6.07) is 13.8. The average Bonchev–Trinajstić information content (AvgIpc) is 2.72. The van der Waals surface area contributed by atoms with Crippen molar-refractivity contribution in [3.05, 3.63) is 59.2 Å². The monoisotopic (exact) mass is 413 g/mol. The van der Waals surface area contributed by atoms with Crippen LogP contribution in [0.2, 0.25) is 0 Å². The molecule has 0 aliphatic carbocycles. The number of carbonyl (C=O) groups excluding carboxylic acids is 1. The zero-order chi connectivity index (χ0) is 21.0. The van der Waals surface area contributed by atoms with Crippen LogP contribution in [0.25, 0.3) is 0 Å². The predicted octanol–water partition coefficient (Wildman–Crippen LogP) is 2.09. The number of aryl methyl sites for hydroxylation is 2. The summed E-state index contributed by atoms with van der Waals surface area (Å²) >= 11 is 0. The van der Waals surface area contributed by atoms with Gasteiger partial charge in [-0.05, 0) is 49.7 Å². The topological polar surface area (TPSA) is 90.7 Å². The molecule has 0 saturated carbocycles. The third-order valence-corrected chi connectivity index (χ3v) is 6.94. The number of amides is 1. The molecule has 3 rings (SSSR count). The molecule has 7 nitrogen and oxygen atoms in total. The molecule has 1 heterocycles. The van der Waals surface area contributed by atoms with Gasteiger partial charge in [-0.25, -0.2) is 8.42 Å². The van der Waals surface area contributed by atoms with Crippen molar-refractivity contribution in [1.82, 2.24) is 9.21 Å². The van der Waals surface area contributed by atoms with E-state index < -0.39 is 10.0 Å². The van der Waals surface area contributed by atoms with Crippen LogP contribution in [0.3, 0.4) is 0 Å². The highest BCUT2D eigenvalue weighted by atomic mass is 32.2. The summed E-state index contributed by atoms with van der Waals surface area (Å²) < 4.78 is 32.8. The average molecular weight is 413 g/mol. The summed E-state index contributed by atoms with van der Waals surface area (Å²) in [5.74, 6) is 0.311. The molecule has 29 heavy (non-hydrogen) atoms. The lowest BCUT2D eigenvalue weighted by Gasteiger charge is -2.34. The summed E-state index contributed by atoms with van der Waals surface area (Å²) in [5.41, 5.74) is 2.25. The number of ether oxygens (including phenoxy) is 1. The third kappa shape index (κ3) is 4.75. The molecule has 8 heteroatoms. The van der Waals surface area contributed by atoms with Crippen LogP contribution in [-0.2, 0) is 14.8 Å². The highest BCUT2D eigenvalue weighted by molar-refractivity contribution is 7.89. The Labute approximate surface area is 171 Å². The highest BCUT2D eigenvalue weighted by Crippen LogP contribution is 2.22. The molecule has 1 saturated heterocycles. The Balaban J connectivity index is 1.56. The lowest BCUT2D eigenvalue weighted by Crippen LogP contribution is -2.51. The smallest absolute Gasteiger partial charge is 0.260 e. The minimum Gasteiger partial charge on any atom is -0.484 e. The number of hydrogen-bond acceptors (Lipinski definition) is 5. The first-order valence-electron chi connectivity index (χ1n) is 9.29. The van der Waals surface area contributed by atoms with Crippen LogP contribution in [0.15, 0.2) is 47.4 Å². The molecular weight excluding hydrogens is 390 g/mol. The molecule has 0 aromatic heterocycles. The summed E-state index contributed by atoms with van der Waals surface area (Å²) in [4.78, 5) is 14.3. The van der Waals surface area contributed by atoms with E-state index in [2.05, 4.69) is 0 Å². The Morgan fingerprint density at radius 2 is 1.72 bits per heavy atom. The lowest BCUT2D eigenvalue weighted by atomic mass is 10.2. The fourth-order valence-electron chi connectivity index (χ4n) is 3.27. The van der Waals surface area contributed by atoms with Crippen molar-refractivity contribution in [2.24, 2.45) is 0 Å². The number of nitrogens with zero attached hydrogens (tertiary/aromatic N) is 3. The summed E-state index contributed by atoms with van der Waals surface area (Å²) in [7, 11) is -3.58. The van der Waals surface area contributed by atoms with Gasteiger partial charge in [0.1, 0.15) is 5.75 Å². The van der Waals surface area contributed by atoms with Gasteiger partial charge < -0.3 is 9.64 Å². The number of benzene rings is 2. The molecule has 152 valence electrons. The van der Waals surface area contributed by atoms with Gasteiger partial charge in [0.25, 0.3) is 5.91 Å². The van der Waals surface area contributed by atoms with E-state index in [0.717, 1.165) is 11.1 Å². The van der Waals surface area contributed by atoms with E-state index in [9.17, 15) is 13.2 Å². The van der Waals surface area contributed by atoms with Crippen LogP contribution in [0.4, 0.5) is 0 Å². The Hall–Kier alpha value is -2.89. The van der Waals surface area contributed by atoms with Crippen LogP contribution >= 0.6 is 0 Å². The van der Waals surface area contributed by atoms with Crippen LogP contribution in [0, 0.1) is 25.2 Å². The van der Waals surface area contributed by atoms with Gasteiger partial charge in [-0.1, -0.05) is 17.7 Å². The van der Waals surface area contributed by atoms with E-state index >= 15 is 0 Å². The van der Waals surface area contributed by atoms with Crippen molar-refractivity contribution in [1.29, 1.82) is 5.26 Å². The van der Waals surface area contributed by atoms with E-state index in [0.29, 0.717) is 29.3 Å². The van der Waals surface area contributed by atoms with Crippen LogP contribution in [-0.4, -0.2) is 56.3 Å². The highest BCUT2D eigenvalue weighted by Gasteiger charge is 2.31. The minimum absolute atomic E-state index is 0.129. The van der Waals surface area contributed by atoms with Gasteiger partial charge in [-0.2, -0.15) is 9.57 Å². The number of carbonyl (C=O) groups is 1. The van der Waals surface area contributed by atoms with E-state index in [1.54, 1.807) is 48.2 Å². The molecule has 0 spiro atoms. The maximum Gasteiger partial charge on any atom is 0.260 e. The fraction of sp³-hybridized carbons (Fsp3) is 0.333. The number of rotatable bonds is 5. The zero-order valence-electron chi connectivity index (χ0n) is 16.5. The molecule has 0 N–H and O–H groups in total. The minimum atomic E-state index is -3.58. The largest absolute Gasteiger partial charge is 0.484 e. The van der Waals surface area contributed by atoms with Crippen molar-refractivity contribution in [3.8, 4) is 11.8 Å². The van der Waals surface area contributed by atoms with E-state index in [1.807, 2.05) is 19.1 Å². The molecule has 1 amide bonds. The Morgan fingerprint density at radius 3 is 2.31 bits per heavy atom. The van der Waals surface area contributed by atoms with Crippen molar-refractivity contribution < 1.29 is 17.9 Å². The number of sulfonamides is 1. The second kappa shape index (κ2) is 8.64. The third-order valence-electron chi connectivity index (χ3n) is 4.89. The molecule has 0 radical (unpaired) electrons. The molecule has 0 bridgehead atoms. The van der Waals surface area contributed by atoms with Gasteiger partial charge in [-0.3, -0.25) is 4.79 Å². The molecule has 1 aliphatic rings. The fourth-order valence-corrected chi connectivity index (χ4v) is 4.90. The number of nitriles is 1.